The molecule has 1 atom stereocenters. The van der Waals surface area contributed by atoms with Gasteiger partial charge in [-0.3, -0.25) is 13.9 Å². The SMILES string of the molecule is CCOc1ccc(N(CC(=O)N(Cc2ccc(Cl)c(Cl)c2)C(CC)C(=O)NC2CCCC2)S(=O)(=O)c2ccc(C)cc2)cc1. The molecule has 0 radical (unpaired) electrons. The minimum atomic E-state index is -4.18. The van der Waals surface area contributed by atoms with E-state index in [1.54, 1.807) is 54.6 Å². The molecule has 1 aliphatic rings. The standard InChI is InChI=1S/C33H39Cl2N3O5S/c1-4-31(33(40)36-25-8-6-7-9-25)37(21-24-12-19-29(34)30(35)20-24)32(39)22-38(26-13-15-27(16-14-26)43-5-2)44(41,42)28-17-10-23(3)11-18-28/h10-20,25,31H,4-9,21-22H2,1-3H3,(H,36,40). The van der Waals surface area contributed by atoms with Crippen molar-refractivity contribution in [1.82, 2.24) is 10.2 Å². The third-order valence-corrected chi connectivity index (χ3v) is 10.3. The Labute approximate surface area is 270 Å². The molecular weight excluding hydrogens is 621 g/mol. The van der Waals surface area contributed by atoms with Crippen LogP contribution >= 0.6 is 23.2 Å². The molecule has 0 saturated heterocycles. The fourth-order valence-corrected chi connectivity index (χ4v) is 7.10. The van der Waals surface area contributed by atoms with Crippen LogP contribution in [0, 0.1) is 6.92 Å². The van der Waals surface area contributed by atoms with Crippen LogP contribution in [0.2, 0.25) is 10.0 Å². The highest BCUT2D eigenvalue weighted by Crippen LogP contribution is 2.28. The summed E-state index contributed by atoms with van der Waals surface area (Å²) in [6.07, 6.45) is 4.20. The van der Waals surface area contributed by atoms with Crippen LogP contribution in [-0.4, -0.2) is 50.4 Å². The Morgan fingerprint density at radius 2 is 1.61 bits per heavy atom. The summed E-state index contributed by atoms with van der Waals surface area (Å²) in [5.74, 6) is -0.220. The van der Waals surface area contributed by atoms with E-state index in [4.69, 9.17) is 27.9 Å². The maximum atomic E-state index is 14.3. The molecule has 11 heteroatoms. The van der Waals surface area contributed by atoms with E-state index in [0.717, 1.165) is 35.6 Å². The second kappa shape index (κ2) is 15.1. The normalized spacial score (nSPS) is 14.2. The number of amides is 2. The smallest absolute Gasteiger partial charge is 0.264 e. The van der Waals surface area contributed by atoms with E-state index in [2.05, 4.69) is 5.32 Å². The van der Waals surface area contributed by atoms with Gasteiger partial charge in [-0.2, -0.15) is 0 Å². The summed E-state index contributed by atoms with van der Waals surface area (Å²) < 4.78 is 34.8. The lowest BCUT2D eigenvalue weighted by Crippen LogP contribution is -2.53. The first-order valence-electron chi connectivity index (χ1n) is 14.9. The van der Waals surface area contributed by atoms with Crippen molar-refractivity contribution in [2.75, 3.05) is 17.5 Å². The van der Waals surface area contributed by atoms with Crippen LogP contribution in [0.25, 0.3) is 0 Å². The zero-order valence-electron chi connectivity index (χ0n) is 25.3. The number of hydrogen-bond acceptors (Lipinski definition) is 5. The number of carbonyl (C=O) groups excluding carboxylic acids is 2. The fourth-order valence-electron chi connectivity index (χ4n) is 5.36. The molecule has 1 aliphatic carbocycles. The molecular formula is C33H39Cl2N3O5S. The van der Waals surface area contributed by atoms with E-state index in [9.17, 15) is 18.0 Å². The lowest BCUT2D eigenvalue weighted by atomic mass is 10.1. The second-order valence-electron chi connectivity index (χ2n) is 10.9. The topological polar surface area (TPSA) is 96.0 Å². The van der Waals surface area contributed by atoms with Crippen molar-refractivity contribution in [3.8, 4) is 5.75 Å². The predicted molar refractivity (Wildman–Crippen MR) is 175 cm³/mol. The average molecular weight is 661 g/mol. The zero-order chi connectivity index (χ0) is 31.9. The van der Waals surface area contributed by atoms with E-state index in [1.807, 2.05) is 20.8 Å². The van der Waals surface area contributed by atoms with Crippen LogP contribution < -0.4 is 14.4 Å². The number of aryl methyl sites for hydroxylation is 1. The number of benzene rings is 3. The van der Waals surface area contributed by atoms with E-state index < -0.39 is 28.5 Å². The number of hydrogen-bond donors (Lipinski definition) is 1. The Kier molecular flexibility index (Phi) is 11.6. The number of ether oxygens (including phenoxy) is 1. The number of nitrogens with zero attached hydrogens (tertiary/aromatic N) is 2. The van der Waals surface area contributed by atoms with Gasteiger partial charge in [0, 0.05) is 12.6 Å². The van der Waals surface area contributed by atoms with Gasteiger partial charge in [-0.1, -0.05) is 66.7 Å². The summed E-state index contributed by atoms with van der Waals surface area (Å²) in [6, 6.07) is 17.3. The molecule has 0 aliphatic heterocycles. The molecule has 8 nitrogen and oxygen atoms in total. The number of carbonyl (C=O) groups is 2. The van der Waals surface area contributed by atoms with Gasteiger partial charge in [0.2, 0.25) is 11.8 Å². The molecule has 4 rings (SSSR count). The molecule has 0 aromatic heterocycles. The van der Waals surface area contributed by atoms with Gasteiger partial charge < -0.3 is 15.0 Å². The molecule has 0 spiro atoms. The number of rotatable bonds is 13. The van der Waals surface area contributed by atoms with Crippen LogP contribution in [0.3, 0.4) is 0 Å². The van der Waals surface area contributed by atoms with Gasteiger partial charge in [0.15, 0.2) is 0 Å². The van der Waals surface area contributed by atoms with Crippen LogP contribution in [0.15, 0.2) is 71.6 Å². The molecule has 1 saturated carbocycles. The van der Waals surface area contributed by atoms with Gasteiger partial charge in [-0.05, 0) is 87.2 Å². The third kappa shape index (κ3) is 8.25. The molecule has 0 heterocycles. The van der Waals surface area contributed by atoms with Crippen molar-refractivity contribution < 1.29 is 22.7 Å². The van der Waals surface area contributed by atoms with Crippen LogP contribution in [0.4, 0.5) is 5.69 Å². The molecule has 1 N–H and O–H groups in total. The summed E-state index contributed by atoms with van der Waals surface area (Å²) in [7, 11) is -4.18. The van der Waals surface area contributed by atoms with Gasteiger partial charge in [0.1, 0.15) is 18.3 Å². The van der Waals surface area contributed by atoms with Crippen molar-refractivity contribution in [1.29, 1.82) is 0 Å². The summed E-state index contributed by atoms with van der Waals surface area (Å²) >= 11 is 12.4. The Bertz CT molecular complexity index is 1540. The quantitative estimate of drug-likeness (QED) is 0.219. The maximum Gasteiger partial charge on any atom is 0.264 e. The first kappa shape index (κ1) is 33.6. The first-order valence-corrected chi connectivity index (χ1v) is 17.1. The Morgan fingerprint density at radius 1 is 0.955 bits per heavy atom. The van der Waals surface area contributed by atoms with E-state index in [-0.39, 0.29) is 23.4 Å². The van der Waals surface area contributed by atoms with E-state index in [0.29, 0.717) is 40.1 Å². The van der Waals surface area contributed by atoms with Crippen molar-refractivity contribution in [2.24, 2.45) is 0 Å². The predicted octanol–water partition coefficient (Wildman–Crippen LogP) is 6.76. The van der Waals surface area contributed by atoms with Gasteiger partial charge in [0.05, 0.1) is 27.2 Å². The minimum Gasteiger partial charge on any atom is -0.494 e. The van der Waals surface area contributed by atoms with Crippen LogP contribution in [0.1, 0.15) is 57.1 Å². The molecule has 1 fully saturated rings. The monoisotopic (exact) mass is 659 g/mol. The largest absolute Gasteiger partial charge is 0.494 e. The number of halogens is 2. The molecule has 3 aromatic rings. The second-order valence-corrected chi connectivity index (χ2v) is 13.6. The van der Waals surface area contributed by atoms with Crippen molar-refractivity contribution in [3.05, 3.63) is 87.9 Å². The molecule has 1 unspecified atom stereocenters. The molecule has 44 heavy (non-hydrogen) atoms. The van der Waals surface area contributed by atoms with E-state index >= 15 is 0 Å². The summed E-state index contributed by atoms with van der Waals surface area (Å²) in [5, 5.41) is 3.79. The molecule has 2 amide bonds. The number of sulfonamides is 1. The fraction of sp³-hybridized carbons (Fsp3) is 0.394. The summed E-state index contributed by atoms with van der Waals surface area (Å²) in [5.41, 5.74) is 1.86. The first-order chi connectivity index (χ1) is 21.0. The van der Waals surface area contributed by atoms with Gasteiger partial charge in [-0.25, -0.2) is 8.42 Å². The van der Waals surface area contributed by atoms with Crippen molar-refractivity contribution in [2.45, 2.75) is 76.4 Å². The highest BCUT2D eigenvalue weighted by molar-refractivity contribution is 7.92. The van der Waals surface area contributed by atoms with Crippen molar-refractivity contribution >= 4 is 50.7 Å². The lowest BCUT2D eigenvalue weighted by molar-refractivity contribution is -0.140. The maximum absolute atomic E-state index is 14.3. The summed E-state index contributed by atoms with van der Waals surface area (Å²) in [6.45, 7) is 5.52. The van der Waals surface area contributed by atoms with Crippen LogP contribution in [-0.2, 0) is 26.2 Å². The van der Waals surface area contributed by atoms with Crippen LogP contribution in [0.5, 0.6) is 5.75 Å². The molecule has 3 aromatic carbocycles. The van der Waals surface area contributed by atoms with Crippen molar-refractivity contribution in [3.63, 3.8) is 0 Å². The Balaban J connectivity index is 1.72. The zero-order valence-corrected chi connectivity index (χ0v) is 27.6. The highest BCUT2D eigenvalue weighted by atomic mass is 35.5. The molecule has 0 bridgehead atoms. The minimum absolute atomic E-state index is 0.0357. The number of anilines is 1. The Hall–Kier alpha value is -3.27. The summed E-state index contributed by atoms with van der Waals surface area (Å²) in [4.78, 5) is 29.4. The third-order valence-electron chi connectivity index (χ3n) is 7.75. The average Bonchev–Trinajstić information content (AvgIpc) is 3.51. The lowest BCUT2D eigenvalue weighted by Gasteiger charge is -2.34. The number of nitrogens with one attached hydrogen (secondary N) is 1. The van der Waals surface area contributed by atoms with E-state index in [1.165, 1.54) is 17.0 Å². The van der Waals surface area contributed by atoms with Gasteiger partial charge >= 0.3 is 0 Å². The van der Waals surface area contributed by atoms with Gasteiger partial charge in [-0.15, -0.1) is 0 Å². The van der Waals surface area contributed by atoms with Gasteiger partial charge in [0.25, 0.3) is 10.0 Å². The highest BCUT2D eigenvalue weighted by Gasteiger charge is 2.34. The molecule has 236 valence electrons. The Morgan fingerprint density at radius 3 is 2.20 bits per heavy atom.